The molecule has 0 N–H and O–H groups in total. The summed E-state index contributed by atoms with van der Waals surface area (Å²) in [7, 11) is 0. The number of hydrogen-bond acceptors (Lipinski definition) is 6. The maximum atomic E-state index is 12.9. The first-order valence-corrected chi connectivity index (χ1v) is 34.7. The Kier molecular flexibility index (Phi) is 65.7. The quantitative estimate of drug-likeness (QED) is 0.0261. The van der Waals surface area contributed by atoms with E-state index in [1.54, 1.807) is 0 Å². The van der Waals surface area contributed by atoms with Gasteiger partial charge >= 0.3 is 17.9 Å². The van der Waals surface area contributed by atoms with E-state index in [4.69, 9.17) is 14.2 Å². The van der Waals surface area contributed by atoms with E-state index >= 15 is 0 Å². The van der Waals surface area contributed by atoms with Crippen LogP contribution in [0.15, 0.2) is 97.2 Å². The topological polar surface area (TPSA) is 78.9 Å². The molecular formula is C75H130O6. The van der Waals surface area contributed by atoms with Gasteiger partial charge in [0.15, 0.2) is 6.10 Å². The molecule has 1 atom stereocenters. The zero-order valence-electron chi connectivity index (χ0n) is 53.5. The number of rotatable bonds is 63. The van der Waals surface area contributed by atoms with Crippen molar-refractivity contribution in [2.75, 3.05) is 13.2 Å². The minimum absolute atomic E-state index is 0.0745. The Morgan fingerprint density at radius 2 is 0.481 bits per heavy atom. The molecular weight excluding hydrogens is 997 g/mol. The number of carbonyl (C=O) groups excluding carboxylic acids is 3. The molecule has 0 aromatic heterocycles. The molecule has 0 heterocycles. The van der Waals surface area contributed by atoms with Crippen LogP contribution in [0.25, 0.3) is 0 Å². The Morgan fingerprint density at radius 1 is 0.259 bits per heavy atom. The third-order valence-electron chi connectivity index (χ3n) is 15.1. The second-order valence-electron chi connectivity index (χ2n) is 23.1. The van der Waals surface area contributed by atoms with Gasteiger partial charge in [0.1, 0.15) is 13.2 Å². The van der Waals surface area contributed by atoms with E-state index in [0.717, 1.165) is 103 Å². The third kappa shape index (κ3) is 67.0. The average Bonchev–Trinajstić information content (AvgIpc) is 3.47. The molecule has 0 rings (SSSR count). The molecule has 6 nitrogen and oxygen atoms in total. The van der Waals surface area contributed by atoms with Crippen molar-refractivity contribution < 1.29 is 28.6 Å². The number of unbranched alkanes of at least 4 members (excludes halogenated alkanes) is 36. The molecule has 0 saturated carbocycles. The summed E-state index contributed by atoms with van der Waals surface area (Å²) in [6.07, 6.45) is 93.2. The molecule has 6 heteroatoms. The second-order valence-corrected chi connectivity index (χ2v) is 23.1. The first kappa shape index (κ1) is 77.3. The summed E-state index contributed by atoms with van der Waals surface area (Å²) < 4.78 is 16.9. The fraction of sp³-hybridized carbons (Fsp3) is 0.747. The van der Waals surface area contributed by atoms with Crippen molar-refractivity contribution in [3.8, 4) is 0 Å². The monoisotopic (exact) mass is 1130 g/mol. The number of hydrogen-bond donors (Lipinski definition) is 0. The summed E-state index contributed by atoms with van der Waals surface area (Å²) in [5.74, 6) is -0.870. The lowest BCUT2D eigenvalue weighted by Gasteiger charge is -2.18. The van der Waals surface area contributed by atoms with Crippen LogP contribution in [0.1, 0.15) is 342 Å². The lowest BCUT2D eigenvalue weighted by molar-refractivity contribution is -0.167. The minimum Gasteiger partial charge on any atom is -0.462 e. The molecule has 0 aromatic carbocycles. The molecule has 0 saturated heterocycles. The lowest BCUT2D eigenvalue weighted by atomic mass is 10.0. The Hall–Kier alpha value is -3.67. The Morgan fingerprint density at radius 3 is 0.753 bits per heavy atom. The molecule has 0 amide bonds. The summed E-state index contributed by atoms with van der Waals surface area (Å²) in [5, 5.41) is 0. The van der Waals surface area contributed by atoms with E-state index in [-0.39, 0.29) is 31.1 Å². The SMILES string of the molecule is CC/C=C\C/C=C\C/C=C\C/C=C\C/C=C\C/C=C\CCCCCCCCCCCCCCCCC(=O)OCC(COC(=O)CCCCCCCCC)OC(=O)CCCCCCCCCCCCC/C=C\C/C=C\CCCCCCC. The van der Waals surface area contributed by atoms with Gasteiger partial charge in [-0.05, 0) is 103 Å². The normalized spacial score (nSPS) is 12.7. The summed E-state index contributed by atoms with van der Waals surface area (Å²) in [6, 6.07) is 0. The first-order chi connectivity index (χ1) is 40.0. The van der Waals surface area contributed by atoms with Crippen LogP contribution in [0, 0.1) is 0 Å². The number of esters is 3. The molecule has 0 radical (unpaired) electrons. The maximum Gasteiger partial charge on any atom is 0.306 e. The highest BCUT2D eigenvalue weighted by Gasteiger charge is 2.19. The highest BCUT2D eigenvalue weighted by molar-refractivity contribution is 5.71. The van der Waals surface area contributed by atoms with E-state index < -0.39 is 6.10 Å². The summed E-state index contributed by atoms with van der Waals surface area (Å²) in [4.78, 5) is 38.2. The molecule has 466 valence electrons. The van der Waals surface area contributed by atoms with E-state index in [2.05, 4.69) is 118 Å². The molecule has 0 spiro atoms. The smallest absolute Gasteiger partial charge is 0.306 e. The largest absolute Gasteiger partial charge is 0.462 e. The molecule has 0 fully saturated rings. The first-order valence-electron chi connectivity index (χ1n) is 34.7. The van der Waals surface area contributed by atoms with E-state index in [1.807, 2.05) is 0 Å². The Balaban J connectivity index is 4.06. The van der Waals surface area contributed by atoms with Crippen molar-refractivity contribution in [1.29, 1.82) is 0 Å². The predicted octanol–water partition coefficient (Wildman–Crippen LogP) is 24.0. The van der Waals surface area contributed by atoms with Crippen molar-refractivity contribution >= 4 is 17.9 Å². The highest BCUT2D eigenvalue weighted by atomic mass is 16.6. The second kappa shape index (κ2) is 68.8. The van der Waals surface area contributed by atoms with Crippen molar-refractivity contribution in [1.82, 2.24) is 0 Å². The fourth-order valence-corrected chi connectivity index (χ4v) is 9.89. The molecule has 0 aromatic rings. The van der Waals surface area contributed by atoms with Gasteiger partial charge in [-0.15, -0.1) is 0 Å². The molecule has 81 heavy (non-hydrogen) atoms. The van der Waals surface area contributed by atoms with Gasteiger partial charge in [0.2, 0.25) is 0 Å². The molecule has 0 aliphatic rings. The lowest BCUT2D eigenvalue weighted by Crippen LogP contribution is -2.30. The summed E-state index contributed by atoms with van der Waals surface area (Å²) >= 11 is 0. The molecule has 0 aliphatic carbocycles. The van der Waals surface area contributed by atoms with Crippen LogP contribution in [0.5, 0.6) is 0 Å². The van der Waals surface area contributed by atoms with Gasteiger partial charge in [0, 0.05) is 19.3 Å². The summed E-state index contributed by atoms with van der Waals surface area (Å²) in [6.45, 7) is 6.51. The molecule has 0 aliphatic heterocycles. The van der Waals surface area contributed by atoms with Crippen molar-refractivity contribution in [2.24, 2.45) is 0 Å². The molecule has 0 bridgehead atoms. The summed E-state index contributed by atoms with van der Waals surface area (Å²) in [5.41, 5.74) is 0. The van der Waals surface area contributed by atoms with Gasteiger partial charge in [0.25, 0.3) is 0 Å². The van der Waals surface area contributed by atoms with Crippen LogP contribution in [0.4, 0.5) is 0 Å². The Labute approximate surface area is 502 Å². The van der Waals surface area contributed by atoms with Crippen LogP contribution in [0.2, 0.25) is 0 Å². The van der Waals surface area contributed by atoms with Crippen molar-refractivity contribution in [3.63, 3.8) is 0 Å². The van der Waals surface area contributed by atoms with Crippen LogP contribution < -0.4 is 0 Å². The molecule has 1 unspecified atom stereocenters. The van der Waals surface area contributed by atoms with Gasteiger partial charge in [0.05, 0.1) is 0 Å². The standard InChI is InChI=1S/C75H130O6/c1-4-7-10-13-16-18-20-22-24-26-28-30-32-33-34-35-36-37-38-39-40-41-43-44-46-48-50-52-54-56-59-62-65-68-74(77)80-71-72(70-79-73(76)67-64-61-58-15-12-9-6-3)81-75(78)69-66-63-60-57-55-53-51-49-47-45-42-31-29-27-25-23-21-19-17-14-11-8-5-2/h7,10,16,18,21-24,27-30,33-34,36-37,72H,4-6,8-9,11-15,17,19-20,25-26,31-32,35,38-71H2,1-3H3/b10-7-,18-16-,23-21-,24-22-,29-27-,30-28-,34-33-,37-36-. The van der Waals surface area contributed by atoms with E-state index in [1.165, 1.54) is 199 Å². The van der Waals surface area contributed by atoms with Crippen molar-refractivity contribution in [2.45, 2.75) is 348 Å². The van der Waals surface area contributed by atoms with Crippen LogP contribution in [-0.2, 0) is 28.6 Å². The fourth-order valence-electron chi connectivity index (χ4n) is 9.89. The third-order valence-corrected chi connectivity index (χ3v) is 15.1. The average molecular weight is 1130 g/mol. The Bertz CT molecular complexity index is 1580. The van der Waals surface area contributed by atoms with Crippen LogP contribution >= 0.6 is 0 Å². The number of carbonyl (C=O) groups is 3. The number of ether oxygens (including phenoxy) is 3. The van der Waals surface area contributed by atoms with Gasteiger partial charge in [-0.2, -0.15) is 0 Å². The van der Waals surface area contributed by atoms with Crippen LogP contribution in [-0.4, -0.2) is 37.2 Å². The zero-order valence-corrected chi connectivity index (χ0v) is 53.5. The van der Waals surface area contributed by atoms with Gasteiger partial charge < -0.3 is 14.2 Å². The zero-order chi connectivity index (χ0) is 58.5. The van der Waals surface area contributed by atoms with E-state index in [9.17, 15) is 14.4 Å². The van der Waals surface area contributed by atoms with E-state index in [0.29, 0.717) is 19.3 Å². The van der Waals surface area contributed by atoms with Crippen LogP contribution in [0.3, 0.4) is 0 Å². The maximum absolute atomic E-state index is 12.9. The number of allylic oxidation sites excluding steroid dienone is 16. The minimum atomic E-state index is -0.775. The van der Waals surface area contributed by atoms with Gasteiger partial charge in [-0.25, -0.2) is 0 Å². The van der Waals surface area contributed by atoms with Gasteiger partial charge in [-0.1, -0.05) is 317 Å². The van der Waals surface area contributed by atoms with Crippen molar-refractivity contribution in [3.05, 3.63) is 97.2 Å². The predicted molar refractivity (Wildman–Crippen MR) is 353 cm³/mol. The highest BCUT2D eigenvalue weighted by Crippen LogP contribution is 2.17. The van der Waals surface area contributed by atoms with Gasteiger partial charge in [-0.3, -0.25) is 14.4 Å².